The Hall–Kier alpha value is -3.48. The van der Waals surface area contributed by atoms with Crippen molar-refractivity contribution in [2.45, 2.75) is 12.8 Å². The molecule has 1 aliphatic heterocycles. The highest BCUT2D eigenvalue weighted by Gasteiger charge is 2.29. The van der Waals surface area contributed by atoms with E-state index >= 15 is 0 Å². The third kappa shape index (κ3) is 4.92. The van der Waals surface area contributed by atoms with Crippen molar-refractivity contribution in [2.75, 3.05) is 32.1 Å². The number of rotatable bonds is 7. The minimum absolute atomic E-state index is 0.0836. The molecule has 2 aromatic carbocycles. The highest BCUT2D eigenvalue weighted by molar-refractivity contribution is 6.05. The Balaban J connectivity index is 1.74. The normalized spacial score (nSPS) is 14.7. The van der Waals surface area contributed by atoms with E-state index < -0.39 is 4.92 Å². The number of anilines is 1. The van der Waals surface area contributed by atoms with Crippen LogP contribution < -0.4 is 4.90 Å². The van der Waals surface area contributed by atoms with Crippen molar-refractivity contribution in [2.24, 2.45) is 5.92 Å². The molecule has 0 spiro atoms. The summed E-state index contributed by atoms with van der Waals surface area (Å²) in [5.41, 5.74) is 1.37. The van der Waals surface area contributed by atoms with Crippen molar-refractivity contribution in [1.29, 1.82) is 0 Å². The highest BCUT2D eigenvalue weighted by atomic mass is 16.6. The first-order valence-electron chi connectivity index (χ1n) is 9.88. The van der Waals surface area contributed by atoms with Crippen LogP contribution in [0.2, 0.25) is 0 Å². The Morgan fingerprint density at radius 3 is 2.33 bits per heavy atom. The second-order valence-corrected chi connectivity index (χ2v) is 7.60. The van der Waals surface area contributed by atoms with Gasteiger partial charge in [0.25, 0.3) is 5.69 Å². The van der Waals surface area contributed by atoms with Crippen molar-refractivity contribution < 1.29 is 14.5 Å². The van der Waals surface area contributed by atoms with Gasteiger partial charge in [0.15, 0.2) is 11.6 Å². The number of allylic oxidation sites excluding steroid dienone is 1. The second kappa shape index (κ2) is 9.35. The van der Waals surface area contributed by atoms with Crippen LogP contribution in [0, 0.1) is 16.0 Å². The first kappa shape index (κ1) is 21.2. The maximum atomic E-state index is 12.7. The number of carbonyl (C=O) groups excluding carboxylic acids is 2. The smallest absolute Gasteiger partial charge is 0.293 e. The molecule has 1 aliphatic rings. The number of hydrogen-bond donors (Lipinski definition) is 0. The van der Waals surface area contributed by atoms with Crippen LogP contribution in [0.25, 0.3) is 0 Å². The number of nitro groups is 1. The first-order valence-corrected chi connectivity index (χ1v) is 9.88. The fourth-order valence-electron chi connectivity index (χ4n) is 3.62. The lowest BCUT2D eigenvalue weighted by molar-refractivity contribution is -0.384. The van der Waals surface area contributed by atoms with Gasteiger partial charge in [-0.2, -0.15) is 0 Å². The molecule has 7 heteroatoms. The summed E-state index contributed by atoms with van der Waals surface area (Å²) in [7, 11) is 3.59. The first-order chi connectivity index (χ1) is 14.4. The summed E-state index contributed by atoms with van der Waals surface area (Å²) in [6.45, 7) is 1.11. The lowest BCUT2D eigenvalue weighted by atomic mass is 9.88. The third-order valence-corrected chi connectivity index (χ3v) is 5.25. The molecule has 2 aromatic rings. The molecule has 0 aromatic heterocycles. The number of hydrogen-bond acceptors (Lipinski definition) is 6. The van der Waals surface area contributed by atoms with Crippen LogP contribution in [-0.2, 0) is 0 Å². The largest absolute Gasteiger partial charge is 0.383 e. The Labute approximate surface area is 175 Å². The van der Waals surface area contributed by atoms with E-state index in [1.54, 1.807) is 37.3 Å². The van der Waals surface area contributed by atoms with Gasteiger partial charge in [-0.15, -0.1) is 0 Å². The number of piperidine rings is 1. The van der Waals surface area contributed by atoms with Crippen molar-refractivity contribution in [3.8, 4) is 0 Å². The van der Waals surface area contributed by atoms with E-state index in [9.17, 15) is 19.7 Å². The standard InChI is InChI=1S/C23H25N3O4/c1-24(2)13-12-22(27)19-8-9-20(21(16-19)26(29)30)25-14-10-18(11-15-25)23(28)17-6-4-3-5-7-17/h3-9,12-13,16,18H,10-11,14-15H2,1-2H3/b13-12+. The highest BCUT2D eigenvalue weighted by Crippen LogP contribution is 2.33. The van der Waals surface area contributed by atoms with Gasteiger partial charge in [-0.05, 0) is 25.0 Å². The molecule has 156 valence electrons. The van der Waals surface area contributed by atoms with Gasteiger partial charge < -0.3 is 9.80 Å². The van der Waals surface area contributed by atoms with Crippen LogP contribution in [-0.4, -0.2) is 48.6 Å². The Bertz CT molecular complexity index is 962. The number of carbonyl (C=O) groups is 2. The van der Waals surface area contributed by atoms with Gasteiger partial charge in [0.1, 0.15) is 5.69 Å². The predicted octanol–water partition coefficient (Wildman–Crippen LogP) is 3.95. The molecule has 1 saturated heterocycles. The van der Waals surface area contributed by atoms with Gasteiger partial charge in [-0.25, -0.2) is 0 Å². The van der Waals surface area contributed by atoms with Crippen molar-refractivity contribution in [3.63, 3.8) is 0 Å². The molecule has 0 N–H and O–H groups in total. The lowest BCUT2D eigenvalue weighted by Crippen LogP contribution is -2.36. The average Bonchev–Trinajstić information content (AvgIpc) is 2.77. The lowest BCUT2D eigenvalue weighted by Gasteiger charge is -2.32. The molecule has 0 bridgehead atoms. The Morgan fingerprint density at radius 1 is 1.07 bits per heavy atom. The van der Waals surface area contributed by atoms with E-state index in [-0.39, 0.29) is 28.7 Å². The van der Waals surface area contributed by atoms with Gasteiger partial charge in [-0.1, -0.05) is 30.3 Å². The van der Waals surface area contributed by atoms with E-state index in [1.165, 1.54) is 12.1 Å². The predicted molar refractivity (Wildman–Crippen MR) is 116 cm³/mol. The number of Topliss-reactive ketones (excluding diaryl/α,β-unsaturated/α-hetero) is 1. The topological polar surface area (TPSA) is 83.8 Å². The van der Waals surface area contributed by atoms with Gasteiger partial charge in [0.05, 0.1) is 4.92 Å². The summed E-state index contributed by atoms with van der Waals surface area (Å²) < 4.78 is 0. The number of nitrogens with zero attached hydrogens (tertiary/aromatic N) is 3. The van der Waals surface area contributed by atoms with E-state index in [1.807, 2.05) is 35.2 Å². The maximum absolute atomic E-state index is 12.7. The monoisotopic (exact) mass is 407 g/mol. The zero-order valence-corrected chi connectivity index (χ0v) is 17.2. The van der Waals surface area contributed by atoms with Crippen LogP contribution >= 0.6 is 0 Å². The molecule has 7 nitrogen and oxygen atoms in total. The van der Waals surface area contributed by atoms with Crippen molar-refractivity contribution >= 4 is 22.9 Å². The van der Waals surface area contributed by atoms with E-state index in [4.69, 9.17) is 0 Å². The molecular formula is C23H25N3O4. The molecule has 0 atom stereocenters. The van der Waals surface area contributed by atoms with Crippen molar-refractivity contribution in [1.82, 2.24) is 4.90 Å². The molecule has 0 saturated carbocycles. The SMILES string of the molecule is CN(C)/C=C/C(=O)c1ccc(N2CCC(C(=O)c3ccccc3)CC2)c([N+](=O)[O-])c1. The van der Waals surface area contributed by atoms with Crippen LogP contribution in [0.15, 0.2) is 60.8 Å². The quantitative estimate of drug-likeness (QED) is 0.299. The zero-order chi connectivity index (χ0) is 21.7. The number of nitro benzene ring substituents is 1. The van der Waals surface area contributed by atoms with Gasteiger partial charge in [0.2, 0.25) is 0 Å². The number of benzene rings is 2. The molecule has 1 fully saturated rings. The summed E-state index contributed by atoms with van der Waals surface area (Å²) in [6.07, 6.45) is 4.27. The van der Waals surface area contributed by atoms with Crippen LogP contribution in [0.3, 0.4) is 0 Å². The second-order valence-electron chi connectivity index (χ2n) is 7.60. The van der Waals surface area contributed by atoms with Crippen LogP contribution in [0.1, 0.15) is 33.6 Å². The minimum Gasteiger partial charge on any atom is -0.383 e. The van der Waals surface area contributed by atoms with Gasteiger partial charge in [0, 0.05) is 62.6 Å². The van der Waals surface area contributed by atoms with E-state index in [0.717, 1.165) is 0 Å². The molecule has 0 aliphatic carbocycles. The van der Waals surface area contributed by atoms with E-state index in [2.05, 4.69) is 0 Å². The Kier molecular flexibility index (Phi) is 6.61. The van der Waals surface area contributed by atoms with Gasteiger partial charge >= 0.3 is 0 Å². The summed E-state index contributed by atoms with van der Waals surface area (Å²) in [5.74, 6) is -0.247. The van der Waals surface area contributed by atoms with Crippen LogP contribution in [0.4, 0.5) is 11.4 Å². The summed E-state index contributed by atoms with van der Waals surface area (Å²) in [6, 6.07) is 13.8. The Morgan fingerprint density at radius 2 is 1.73 bits per heavy atom. The fraction of sp³-hybridized carbons (Fsp3) is 0.304. The summed E-state index contributed by atoms with van der Waals surface area (Å²) in [5, 5.41) is 11.7. The van der Waals surface area contributed by atoms with Crippen molar-refractivity contribution in [3.05, 3.63) is 82.0 Å². The molecular weight excluding hydrogens is 382 g/mol. The maximum Gasteiger partial charge on any atom is 0.293 e. The molecule has 3 rings (SSSR count). The molecule has 0 radical (unpaired) electrons. The zero-order valence-electron chi connectivity index (χ0n) is 17.2. The molecule has 0 unspecified atom stereocenters. The fourth-order valence-corrected chi connectivity index (χ4v) is 3.62. The molecule has 30 heavy (non-hydrogen) atoms. The third-order valence-electron chi connectivity index (χ3n) is 5.25. The van der Waals surface area contributed by atoms with Gasteiger partial charge in [-0.3, -0.25) is 19.7 Å². The van der Waals surface area contributed by atoms with Crippen LogP contribution in [0.5, 0.6) is 0 Å². The molecule has 0 amide bonds. The summed E-state index contributed by atoms with van der Waals surface area (Å²) in [4.78, 5) is 39.8. The summed E-state index contributed by atoms with van der Waals surface area (Å²) >= 11 is 0. The molecule has 1 heterocycles. The number of ketones is 2. The minimum atomic E-state index is -0.455. The average molecular weight is 407 g/mol. The van der Waals surface area contributed by atoms with E-state index in [0.29, 0.717) is 37.2 Å².